The van der Waals surface area contributed by atoms with Crippen molar-refractivity contribution in [3.8, 4) is 23.6 Å². The minimum Gasteiger partial charge on any atom is -0.478 e. The van der Waals surface area contributed by atoms with Crippen LogP contribution in [0.25, 0.3) is 11.0 Å². The number of sulfonamides is 1. The van der Waals surface area contributed by atoms with Crippen LogP contribution < -0.4 is 18.9 Å². The largest absolute Gasteiger partial charge is 0.478 e. The predicted octanol–water partition coefficient (Wildman–Crippen LogP) is 1.38. The van der Waals surface area contributed by atoms with Gasteiger partial charge in [-0.2, -0.15) is 15.2 Å². The van der Waals surface area contributed by atoms with Gasteiger partial charge in [0, 0.05) is 17.3 Å². The maximum atomic E-state index is 12.8. The summed E-state index contributed by atoms with van der Waals surface area (Å²) in [6.45, 7) is 1.51. The number of methoxy groups -OCH3 is 2. The van der Waals surface area contributed by atoms with Crippen molar-refractivity contribution in [2.75, 3.05) is 25.5 Å². The first-order valence-electron chi connectivity index (χ1n) is 7.87. The van der Waals surface area contributed by atoms with E-state index in [1.54, 1.807) is 25.1 Å². The number of nitriles is 1. The summed E-state index contributed by atoms with van der Waals surface area (Å²) in [5.74, 6) is -0.472. The van der Waals surface area contributed by atoms with E-state index >= 15 is 0 Å². The number of rotatable bonds is 7. The molecule has 12 heteroatoms. The standard InChI is InChI=1S/C16H16N6O5S/c1-9-4-5-10-11(8-18-13(10)19-9)28(23,24)22-16-20-14(25-2)12(27-7-6-17)15(21-16)26-3/h4-5,8H,7H2,1-3H3,(H,18,19)(H,20,21,22). The minimum atomic E-state index is -4.04. The maximum Gasteiger partial charge on any atom is 0.266 e. The molecule has 0 spiro atoms. The van der Waals surface area contributed by atoms with Crippen LogP contribution in [0.2, 0.25) is 0 Å². The summed E-state index contributed by atoms with van der Waals surface area (Å²) in [5.41, 5.74) is 1.19. The van der Waals surface area contributed by atoms with Gasteiger partial charge >= 0.3 is 0 Å². The molecule has 3 rings (SSSR count). The number of hydrogen-bond donors (Lipinski definition) is 2. The summed E-state index contributed by atoms with van der Waals surface area (Å²) in [5, 5.41) is 9.10. The van der Waals surface area contributed by atoms with Crippen LogP contribution in [0.3, 0.4) is 0 Å². The van der Waals surface area contributed by atoms with Gasteiger partial charge in [-0.05, 0) is 19.1 Å². The number of aromatic amines is 1. The van der Waals surface area contributed by atoms with Crippen LogP contribution in [-0.4, -0.2) is 49.2 Å². The summed E-state index contributed by atoms with van der Waals surface area (Å²) in [4.78, 5) is 15.0. The van der Waals surface area contributed by atoms with Crippen LogP contribution in [0, 0.1) is 18.3 Å². The third-order valence-electron chi connectivity index (χ3n) is 3.63. The first kappa shape index (κ1) is 19.2. The van der Waals surface area contributed by atoms with Crippen LogP contribution in [0.4, 0.5) is 5.95 Å². The van der Waals surface area contributed by atoms with E-state index in [9.17, 15) is 8.42 Å². The molecule has 3 aromatic heterocycles. The lowest BCUT2D eigenvalue weighted by Crippen LogP contribution is -2.16. The topological polar surface area (TPSA) is 152 Å². The van der Waals surface area contributed by atoms with Crippen LogP contribution in [0.1, 0.15) is 5.69 Å². The zero-order chi connectivity index (χ0) is 20.3. The Hall–Kier alpha value is -3.59. The van der Waals surface area contributed by atoms with Crippen LogP contribution >= 0.6 is 0 Å². The first-order valence-corrected chi connectivity index (χ1v) is 9.35. The second-order valence-corrected chi connectivity index (χ2v) is 7.10. The lowest BCUT2D eigenvalue weighted by molar-refractivity contribution is 0.290. The number of pyridine rings is 1. The molecule has 0 saturated heterocycles. The van der Waals surface area contributed by atoms with Crippen molar-refractivity contribution < 1.29 is 22.6 Å². The Labute approximate surface area is 160 Å². The lowest BCUT2D eigenvalue weighted by atomic mass is 10.3. The van der Waals surface area contributed by atoms with Crippen molar-refractivity contribution in [2.24, 2.45) is 0 Å². The number of hydrogen-bond acceptors (Lipinski definition) is 9. The molecule has 0 aromatic carbocycles. The van der Waals surface area contributed by atoms with Crippen molar-refractivity contribution >= 4 is 27.0 Å². The van der Waals surface area contributed by atoms with E-state index in [0.717, 1.165) is 5.69 Å². The van der Waals surface area contributed by atoms with Gasteiger partial charge in [0.05, 0.1) is 14.2 Å². The fourth-order valence-electron chi connectivity index (χ4n) is 2.44. The fourth-order valence-corrected chi connectivity index (χ4v) is 3.55. The average molecular weight is 404 g/mol. The van der Waals surface area contributed by atoms with Gasteiger partial charge in [0.1, 0.15) is 16.6 Å². The molecular formula is C16H16N6O5S. The Morgan fingerprint density at radius 1 is 1.18 bits per heavy atom. The highest BCUT2D eigenvalue weighted by molar-refractivity contribution is 7.93. The normalized spacial score (nSPS) is 11.1. The van der Waals surface area contributed by atoms with Gasteiger partial charge in [-0.1, -0.05) is 0 Å². The molecule has 3 aromatic rings. The highest BCUT2D eigenvalue weighted by atomic mass is 32.2. The van der Waals surface area contributed by atoms with Gasteiger partial charge in [-0.15, -0.1) is 0 Å². The molecule has 3 heterocycles. The number of aryl methyl sites for hydroxylation is 1. The highest BCUT2D eigenvalue weighted by Gasteiger charge is 2.24. The third kappa shape index (κ3) is 3.60. The Balaban J connectivity index is 2.00. The molecule has 11 nitrogen and oxygen atoms in total. The summed E-state index contributed by atoms with van der Waals surface area (Å²) in [6, 6.07) is 5.17. The molecule has 2 N–H and O–H groups in total. The molecule has 0 unspecified atom stereocenters. The summed E-state index contributed by atoms with van der Waals surface area (Å²) < 4.78 is 43.3. The van der Waals surface area contributed by atoms with E-state index in [-0.39, 0.29) is 35.0 Å². The molecular weight excluding hydrogens is 388 g/mol. The first-order chi connectivity index (χ1) is 13.4. The maximum absolute atomic E-state index is 12.8. The number of H-pyrrole nitrogens is 1. The monoisotopic (exact) mass is 404 g/mol. The minimum absolute atomic E-state index is 0.0126. The van der Waals surface area contributed by atoms with Crippen molar-refractivity contribution in [1.29, 1.82) is 5.26 Å². The molecule has 0 fully saturated rings. The Morgan fingerprint density at radius 3 is 2.46 bits per heavy atom. The number of nitrogens with one attached hydrogen (secondary N) is 2. The molecule has 0 atom stereocenters. The van der Waals surface area contributed by atoms with E-state index in [4.69, 9.17) is 19.5 Å². The quantitative estimate of drug-likeness (QED) is 0.594. The molecule has 146 valence electrons. The zero-order valence-corrected chi connectivity index (χ0v) is 16.0. The van der Waals surface area contributed by atoms with E-state index < -0.39 is 10.0 Å². The highest BCUT2D eigenvalue weighted by Crippen LogP contribution is 2.35. The smallest absolute Gasteiger partial charge is 0.266 e. The van der Waals surface area contributed by atoms with E-state index in [0.29, 0.717) is 11.0 Å². The number of fused-ring (bicyclic) bond motifs is 1. The zero-order valence-electron chi connectivity index (χ0n) is 15.2. The summed E-state index contributed by atoms with van der Waals surface area (Å²) in [6.07, 6.45) is 1.33. The summed E-state index contributed by atoms with van der Waals surface area (Å²) >= 11 is 0. The van der Waals surface area contributed by atoms with Crippen molar-refractivity contribution in [1.82, 2.24) is 19.9 Å². The second kappa shape index (κ2) is 7.57. The molecule has 28 heavy (non-hydrogen) atoms. The SMILES string of the molecule is COc1nc(NS(=O)(=O)c2c[nH]c3nc(C)ccc23)nc(OC)c1OCC#N. The van der Waals surface area contributed by atoms with Crippen LogP contribution in [-0.2, 0) is 10.0 Å². The second-order valence-electron chi connectivity index (χ2n) is 5.45. The molecule has 0 radical (unpaired) electrons. The number of ether oxygens (including phenoxy) is 3. The average Bonchev–Trinajstić information content (AvgIpc) is 3.09. The van der Waals surface area contributed by atoms with Gasteiger partial charge in [-0.3, -0.25) is 0 Å². The van der Waals surface area contributed by atoms with Crippen molar-refractivity contribution in [3.63, 3.8) is 0 Å². The number of aromatic nitrogens is 4. The fraction of sp³-hybridized carbons (Fsp3) is 0.250. The van der Waals surface area contributed by atoms with Gasteiger partial charge in [-0.25, -0.2) is 18.1 Å². The molecule has 0 aliphatic rings. The van der Waals surface area contributed by atoms with E-state index in [1.807, 2.05) is 0 Å². The van der Waals surface area contributed by atoms with Gasteiger partial charge in [0.25, 0.3) is 21.8 Å². The summed E-state index contributed by atoms with van der Waals surface area (Å²) in [7, 11) is -1.41. The van der Waals surface area contributed by atoms with Crippen LogP contribution in [0.15, 0.2) is 23.2 Å². The predicted molar refractivity (Wildman–Crippen MR) is 97.9 cm³/mol. The third-order valence-corrected chi connectivity index (χ3v) is 4.99. The van der Waals surface area contributed by atoms with Gasteiger partial charge in [0.15, 0.2) is 6.61 Å². The van der Waals surface area contributed by atoms with E-state index in [2.05, 4.69) is 24.7 Å². The Morgan fingerprint density at radius 2 is 1.86 bits per heavy atom. The Bertz CT molecular complexity index is 1140. The Kier molecular flexibility index (Phi) is 5.18. The van der Waals surface area contributed by atoms with E-state index in [1.165, 1.54) is 20.4 Å². The molecule has 0 saturated carbocycles. The lowest BCUT2D eigenvalue weighted by Gasteiger charge is -2.13. The molecule has 0 amide bonds. The van der Waals surface area contributed by atoms with Crippen LogP contribution in [0.5, 0.6) is 17.5 Å². The number of anilines is 1. The molecule has 0 aliphatic carbocycles. The van der Waals surface area contributed by atoms with Crippen molar-refractivity contribution in [2.45, 2.75) is 11.8 Å². The van der Waals surface area contributed by atoms with Crippen molar-refractivity contribution in [3.05, 3.63) is 24.0 Å². The number of nitrogens with zero attached hydrogens (tertiary/aromatic N) is 4. The van der Waals surface area contributed by atoms with Gasteiger partial charge in [0.2, 0.25) is 11.7 Å². The van der Waals surface area contributed by atoms with Gasteiger partial charge < -0.3 is 19.2 Å². The molecule has 0 bridgehead atoms. The molecule has 0 aliphatic heterocycles.